The first-order valence-corrected chi connectivity index (χ1v) is 6.86. The minimum Gasteiger partial charge on any atom is -0.454 e. The van der Waals surface area contributed by atoms with E-state index in [1.54, 1.807) is 0 Å². The molecule has 1 heterocycles. The van der Waals surface area contributed by atoms with Crippen LogP contribution in [0.2, 0.25) is 0 Å². The molecular formula is C15H11IO2. The fraction of sp³-hybridized carbons (Fsp3) is 0.133. The third-order valence-corrected chi connectivity index (χ3v) is 3.79. The summed E-state index contributed by atoms with van der Waals surface area (Å²) in [6.07, 6.45) is 0.591. The Balaban J connectivity index is 1.97. The minimum atomic E-state index is -0.219. The summed E-state index contributed by atoms with van der Waals surface area (Å²) >= 11 is 2.20. The van der Waals surface area contributed by atoms with Crippen LogP contribution in [0, 0.1) is 3.57 Å². The third kappa shape index (κ3) is 2.14. The lowest BCUT2D eigenvalue weighted by molar-refractivity contribution is 0.0252. The summed E-state index contributed by atoms with van der Waals surface area (Å²) < 4.78 is 6.57. The number of hydrogen-bond donors (Lipinski definition) is 0. The molecule has 2 nitrogen and oxygen atoms in total. The quantitative estimate of drug-likeness (QED) is 0.579. The van der Waals surface area contributed by atoms with E-state index in [4.69, 9.17) is 4.74 Å². The molecule has 2 aromatic rings. The zero-order chi connectivity index (χ0) is 12.5. The molecule has 0 radical (unpaired) electrons. The first-order valence-electron chi connectivity index (χ1n) is 5.78. The molecule has 0 spiro atoms. The van der Waals surface area contributed by atoms with Crippen LogP contribution < -0.4 is 0 Å². The second-order valence-corrected chi connectivity index (χ2v) is 5.56. The van der Waals surface area contributed by atoms with Crippen molar-refractivity contribution in [2.75, 3.05) is 0 Å². The van der Waals surface area contributed by atoms with E-state index in [-0.39, 0.29) is 12.1 Å². The topological polar surface area (TPSA) is 26.3 Å². The number of carbonyl (C=O) groups is 1. The van der Waals surface area contributed by atoms with Gasteiger partial charge in [-0.05, 0) is 45.9 Å². The second kappa shape index (κ2) is 4.72. The van der Waals surface area contributed by atoms with Crippen LogP contribution in [0.5, 0.6) is 0 Å². The maximum absolute atomic E-state index is 12.0. The molecule has 1 aliphatic rings. The predicted molar refractivity (Wildman–Crippen MR) is 77.5 cm³/mol. The van der Waals surface area contributed by atoms with Gasteiger partial charge in [-0.15, -0.1) is 0 Å². The Morgan fingerprint density at radius 3 is 2.67 bits per heavy atom. The second-order valence-electron chi connectivity index (χ2n) is 4.31. The maximum Gasteiger partial charge on any atom is 0.339 e. The summed E-state index contributed by atoms with van der Waals surface area (Å²) in [6, 6.07) is 15.8. The number of cyclic esters (lactones) is 1. The molecule has 2 aromatic carbocycles. The highest BCUT2D eigenvalue weighted by molar-refractivity contribution is 14.1. The van der Waals surface area contributed by atoms with E-state index in [1.165, 1.54) is 0 Å². The van der Waals surface area contributed by atoms with Gasteiger partial charge in [-0.25, -0.2) is 4.79 Å². The van der Waals surface area contributed by atoms with Gasteiger partial charge in [-0.2, -0.15) is 0 Å². The van der Waals surface area contributed by atoms with Crippen LogP contribution in [-0.2, 0) is 11.2 Å². The number of benzene rings is 2. The average molecular weight is 350 g/mol. The van der Waals surface area contributed by atoms with E-state index >= 15 is 0 Å². The van der Waals surface area contributed by atoms with Crippen molar-refractivity contribution in [2.24, 2.45) is 0 Å². The van der Waals surface area contributed by atoms with E-state index < -0.39 is 0 Å². The number of carbonyl (C=O) groups excluding carboxylic acids is 1. The zero-order valence-electron chi connectivity index (χ0n) is 9.60. The Morgan fingerprint density at radius 2 is 1.89 bits per heavy atom. The van der Waals surface area contributed by atoms with Gasteiger partial charge in [0.1, 0.15) is 6.10 Å². The minimum absolute atomic E-state index is 0.161. The Bertz CT molecular complexity index is 593. The summed E-state index contributed by atoms with van der Waals surface area (Å²) in [5.74, 6) is -0.219. The van der Waals surface area contributed by atoms with Crippen molar-refractivity contribution in [2.45, 2.75) is 12.5 Å². The van der Waals surface area contributed by atoms with Crippen LogP contribution in [-0.4, -0.2) is 5.97 Å². The molecule has 3 heteroatoms. The Labute approximate surface area is 119 Å². The molecular weight excluding hydrogens is 339 g/mol. The van der Waals surface area contributed by atoms with Crippen LogP contribution in [0.1, 0.15) is 27.6 Å². The third-order valence-electron chi connectivity index (χ3n) is 3.12. The zero-order valence-corrected chi connectivity index (χ0v) is 11.8. The lowest BCUT2D eigenvalue weighted by Crippen LogP contribution is -2.21. The number of rotatable bonds is 1. The van der Waals surface area contributed by atoms with Crippen molar-refractivity contribution in [1.82, 2.24) is 0 Å². The molecule has 18 heavy (non-hydrogen) atoms. The molecule has 0 N–H and O–H groups in total. The van der Waals surface area contributed by atoms with Crippen molar-refractivity contribution < 1.29 is 9.53 Å². The van der Waals surface area contributed by atoms with Crippen LogP contribution >= 0.6 is 22.6 Å². The van der Waals surface area contributed by atoms with Gasteiger partial charge < -0.3 is 4.74 Å². The summed E-state index contributed by atoms with van der Waals surface area (Å²) in [5.41, 5.74) is 2.82. The van der Waals surface area contributed by atoms with Gasteiger partial charge in [0, 0.05) is 9.99 Å². The SMILES string of the molecule is O=C1OC(c2ccccc2)Cc2ccc(I)cc21. The molecule has 1 aliphatic heterocycles. The Morgan fingerprint density at radius 1 is 1.11 bits per heavy atom. The van der Waals surface area contributed by atoms with E-state index in [1.807, 2.05) is 48.5 Å². The highest BCUT2D eigenvalue weighted by atomic mass is 127. The largest absolute Gasteiger partial charge is 0.454 e. The summed E-state index contributed by atoms with van der Waals surface area (Å²) in [4.78, 5) is 12.0. The Hall–Kier alpha value is -1.36. The number of ether oxygens (including phenoxy) is 1. The molecule has 0 saturated heterocycles. The van der Waals surface area contributed by atoms with Crippen LogP contribution in [0.3, 0.4) is 0 Å². The summed E-state index contributed by atoms with van der Waals surface area (Å²) in [7, 11) is 0. The smallest absolute Gasteiger partial charge is 0.339 e. The van der Waals surface area contributed by atoms with Gasteiger partial charge in [-0.1, -0.05) is 36.4 Å². The normalized spacial score (nSPS) is 18.1. The predicted octanol–water partition coefficient (Wildman–Crippen LogP) is 3.75. The molecule has 0 saturated carbocycles. The van der Waals surface area contributed by atoms with E-state index in [0.29, 0.717) is 5.56 Å². The van der Waals surface area contributed by atoms with Gasteiger partial charge in [0.25, 0.3) is 0 Å². The van der Waals surface area contributed by atoms with E-state index in [9.17, 15) is 4.79 Å². The van der Waals surface area contributed by atoms with Crippen LogP contribution in [0.25, 0.3) is 0 Å². The molecule has 3 rings (SSSR count). The first-order chi connectivity index (χ1) is 8.74. The van der Waals surface area contributed by atoms with Gasteiger partial charge in [0.15, 0.2) is 0 Å². The Kier molecular flexibility index (Phi) is 3.07. The number of hydrogen-bond acceptors (Lipinski definition) is 2. The van der Waals surface area contributed by atoms with Crippen molar-refractivity contribution in [3.05, 3.63) is 68.8 Å². The average Bonchev–Trinajstić information content (AvgIpc) is 2.40. The number of esters is 1. The standard InChI is InChI=1S/C15H11IO2/c16-12-7-6-11-8-14(10-4-2-1-3-5-10)18-15(17)13(11)9-12/h1-7,9,14H,8H2. The van der Waals surface area contributed by atoms with Crippen molar-refractivity contribution >= 4 is 28.6 Å². The number of fused-ring (bicyclic) bond motifs is 1. The monoisotopic (exact) mass is 350 g/mol. The first kappa shape index (κ1) is 11.7. The number of halogens is 1. The molecule has 0 bridgehead atoms. The van der Waals surface area contributed by atoms with Crippen molar-refractivity contribution in [3.63, 3.8) is 0 Å². The van der Waals surface area contributed by atoms with Crippen molar-refractivity contribution in [3.8, 4) is 0 Å². The molecule has 0 amide bonds. The maximum atomic E-state index is 12.0. The highest BCUT2D eigenvalue weighted by Gasteiger charge is 2.27. The highest BCUT2D eigenvalue weighted by Crippen LogP contribution is 2.31. The molecule has 1 unspecified atom stereocenters. The van der Waals surface area contributed by atoms with Crippen LogP contribution in [0.15, 0.2) is 48.5 Å². The lowest BCUT2D eigenvalue weighted by Gasteiger charge is -2.25. The molecule has 1 atom stereocenters. The fourth-order valence-corrected chi connectivity index (χ4v) is 2.70. The van der Waals surface area contributed by atoms with Gasteiger partial charge in [0.05, 0.1) is 5.56 Å². The molecule has 0 aromatic heterocycles. The molecule has 0 aliphatic carbocycles. The van der Waals surface area contributed by atoms with E-state index in [2.05, 4.69) is 22.6 Å². The summed E-state index contributed by atoms with van der Waals surface area (Å²) in [5, 5.41) is 0. The van der Waals surface area contributed by atoms with Gasteiger partial charge in [-0.3, -0.25) is 0 Å². The van der Waals surface area contributed by atoms with E-state index in [0.717, 1.165) is 21.1 Å². The van der Waals surface area contributed by atoms with Gasteiger partial charge in [0.2, 0.25) is 0 Å². The lowest BCUT2D eigenvalue weighted by atomic mass is 9.95. The van der Waals surface area contributed by atoms with Crippen molar-refractivity contribution in [1.29, 1.82) is 0 Å². The molecule has 0 fully saturated rings. The molecule has 90 valence electrons. The van der Waals surface area contributed by atoms with Gasteiger partial charge >= 0.3 is 5.97 Å². The van der Waals surface area contributed by atoms with Crippen LogP contribution in [0.4, 0.5) is 0 Å². The fourth-order valence-electron chi connectivity index (χ4n) is 2.20. The summed E-state index contributed by atoms with van der Waals surface area (Å²) in [6.45, 7) is 0.